The van der Waals surface area contributed by atoms with Gasteiger partial charge in [-0.05, 0) is 19.9 Å². The second-order valence-corrected chi connectivity index (χ2v) is 5.77. The molecule has 2 aromatic rings. The van der Waals surface area contributed by atoms with Crippen molar-refractivity contribution < 1.29 is 4.79 Å². The van der Waals surface area contributed by atoms with Gasteiger partial charge in [-0.15, -0.1) is 0 Å². The average molecular weight is 341 g/mol. The first-order valence-corrected chi connectivity index (χ1v) is 8.61. The first kappa shape index (κ1) is 17.1. The minimum Gasteiger partial charge on any atom is -0.341 e. The molecule has 0 saturated carbocycles. The standard InChI is InChI=1S/C17H23N7O/c1-3-22(4-2)17-20-12-14(13-21-17)15(25)23-8-10-24(11-9-23)16-18-6-5-7-19-16/h5-7,12-13H,3-4,8-11H2,1-2H3. The third kappa shape index (κ3) is 3.84. The number of carbonyl (C=O) groups excluding carboxylic acids is 1. The summed E-state index contributed by atoms with van der Waals surface area (Å²) in [5.74, 6) is 1.34. The van der Waals surface area contributed by atoms with E-state index in [1.54, 1.807) is 30.9 Å². The highest BCUT2D eigenvalue weighted by Crippen LogP contribution is 2.13. The van der Waals surface area contributed by atoms with Gasteiger partial charge in [-0.25, -0.2) is 19.9 Å². The van der Waals surface area contributed by atoms with E-state index < -0.39 is 0 Å². The molecule has 1 fully saturated rings. The van der Waals surface area contributed by atoms with Crippen LogP contribution in [-0.2, 0) is 0 Å². The summed E-state index contributed by atoms with van der Waals surface area (Å²) in [6.45, 7) is 8.50. The molecule has 3 rings (SSSR count). The van der Waals surface area contributed by atoms with Gasteiger partial charge < -0.3 is 14.7 Å². The van der Waals surface area contributed by atoms with Crippen LogP contribution in [0.5, 0.6) is 0 Å². The van der Waals surface area contributed by atoms with Crippen LogP contribution in [0.25, 0.3) is 0 Å². The fourth-order valence-corrected chi connectivity index (χ4v) is 2.85. The molecule has 132 valence electrons. The van der Waals surface area contributed by atoms with Gasteiger partial charge >= 0.3 is 0 Å². The van der Waals surface area contributed by atoms with Crippen LogP contribution >= 0.6 is 0 Å². The van der Waals surface area contributed by atoms with Crippen LogP contribution < -0.4 is 9.80 Å². The van der Waals surface area contributed by atoms with Crippen LogP contribution in [0.2, 0.25) is 0 Å². The number of anilines is 2. The molecule has 0 aliphatic carbocycles. The predicted molar refractivity (Wildman–Crippen MR) is 95.7 cm³/mol. The summed E-state index contributed by atoms with van der Waals surface area (Å²) >= 11 is 0. The second-order valence-electron chi connectivity index (χ2n) is 5.77. The van der Waals surface area contributed by atoms with E-state index in [1.807, 2.05) is 9.80 Å². The zero-order valence-electron chi connectivity index (χ0n) is 14.7. The molecule has 0 bridgehead atoms. The van der Waals surface area contributed by atoms with Gasteiger partial charge in [-0.1, -0.05) is 0 Å². The maximum absolute atomic E-state index is 12.6. The molecule has 1 aliphatic heterocycles. The van der Waals surface area contributed by atoms with Crippen LogP contribution in [0.1, 0.15) is 24.2 Å². The summed E-state index contributed by atoms with van der Waals surface area (Å²) in [5, 5.41) is 0. The molecule has 8 nitrogen and oxygen atoms in total. The number of rotatable bonds is 5. The molecule has 2 aromatic heterocycles. The first-order valence-electron chi connectivity index (χ1n) is 8.61. The number of hydrogen-bond acceptors (Lipinski definition) is 7. The second kappa shape index (κ2) is 7.87. The Balaban J connectivity index is 1.61. The van der Waals surface area contributed by atoms with Crippen molar-refractivity contribution in [1.82, 2.24) is 24.8 Å². The molecule has 0 spiro atoms. The fourth-order valence-electron chi connectivity index (χ4n) is 2.85. The summed E-state index contributed by atoms with van der Waals surface area (Å²) in [4.78, 5) is 35.8. The Hall–Kier alpha value is -2.77. The molecule has 25 heavy (non-hydrogen) atoms. The molecular weight excluding hydrogens is 318 g/mol. The molecule has 1 aliphatic rings. The lowest BCUT2D eigenvalue weighted by Crippen LogP contribution is -2.49. The lowest BCUT2D eigenvalue weighted by atomic mass is 10.2. The van der Waals surface area contributed by atoms with Gasteiger partial charge in [0.2, 0.25) is 11.9 Å². The molecule has 0 unspecified atom stereocenters. The Labute approximate surface area is 147 Å². The number of piperazine rings is 1. The van der Waals surface area contributed by atoms with Gasteiger partial charge in [-0.3, -0.25) is 4.79 Å². The molecule has 0 aromatic carbocycles. The van der Waals surface area contributed by atoms with E-state index in [2.05, 4.69) is 38.7 Å². The quantitative estimate of drug-likeness (QED) is 0.805. The zero-order chi connectivity index (χ0) is 17.6. The van der Waals surface area contributed by atoms with Crippen molar-refractivity contribution in [2.75, 3.05) is 49.1 Å². The monoisotopic (exact) mass is 341 g/mol. The zero-order valence-corrected chi connectivity index (χ0v) is 14.7. The minimum atomic E-state index is -0.0280. The van der Waals surface area contributed by atoms with E-state index in [9.17, 15) is 4.79 Å². The molecular formula is C17H23N7O. The SMILES string of the molecule is CCN(CC)c1ncc(C(=O)N2CCN(c3ncccn3)CC2)cn1. The highest BCUT2D eigenvalue weighted by molar-refractivity contribution is 5.93. The summed E-state index contributed by atoms with van der Waals surface area (Å²) in [6.07, 6.45) is 6.70. The highest BCUT2D eigenvalue weighted by Gasteiger charge is 2.24. The molecule has 0 atom stereocenters. The topological polar surface area (TPSA) is 78.4 Å². The largest absolute Gasteiger partial charge is 0.341 e. The highest BCUT2D eigenvalue weighted by atomic mass is 16.2. The van der Waals surface area contributed by atoms with Gasteiger partial charge in [0.15, 0.2) is 0 Å². The van der Waals surface area contributed by atoms with Gasteiger partial charge in [0.25, 0.3) is 5.91 Å². The summed E-state index contributed by atoms with van der Waals surface area (Å²) in [7, 11) is 0. The molecule has 8 heteroatoms. The lowest BCUT2D eigenvalue weighted by molar-refractivity contribution is 0.0745. The van der Waals surface area contributed by atoms with E-state index in [0.717, 1.165) is 13.1 Å². The average Bonchev–Trinajstić information content (AvgIpc) is 2.70. The summed E-state index contributed by atoms with van der Waals surface area (Å²) < 4.78 is 0. The summed E-state index contributed by atoms with van der Waals surface area (Å²) in [6, 6.07) is 1.80. The fraction of sp³-hybridized carbons (Fsp3) is 0.471. The van der Waals surface area contributed by atoms with Gasteiger partial charge in [0, 0.05) is 64.1 Å². The van der Waals surface area contributed by atoms with Crippen molar-refractivity contribution >= 4 is 17.8 Å². The van der Waals surface area contributed by atoms with E-state index in [4.69, 9.17) is 0 Å². The van der Waals surface area contributed by atoms with Crippen molar-refractivity contribution in [3.05, 3.63) is 36.4 Å². The number of aromatic nitrogens is 4. The third-order valence-electron chi connectivity index (χ3n) is 4.33. The minimum absolute atomic E-state index is 0.0280. The van der Waals surface area contributed by atoms with Gasteiger partial charge in [-0.2, -0.15) is 0 Å². The lowest BCUT2D eigenvalue weighted by Gasteiger charge is -2.34. The number of hydrogen-bond donors (Lipinski definition) is 0. The Morgan fingerprint density at radius 3 is 2.16 bits per heavy atom. The predicted octanol–water partition coefficient (Wildman–Crippen LogP) is 1.08. The molecule has 0 N–H and O–H groups in total. The van der Waals surface area contributed by atoms with E-state index >= 15 is 0 Å². The van der Waals surface area contributed by atoms with Crippen LogP contribution in [0, 0.1) is 0 Å². The molecule has 1 saturated heterocycles. The van der Waals surface area contributed by atoms with Crippen LogP contribution in [0.15, 0.2) is 30.9 Å². The van der Waals surface area contributed by atoms with Crippen molar-refractivity contribution in [3.8, 4) is 0 Å². The number of carbonyl (C=O) groups is 1. The van der Waals surface area contributed by atoms with E-state index in [0.29, 0.717) is 43.6 Å². The Morgan fingerprint density at radius 2 is 1.60 bits per heavy atom. The third-order valence-corrected chi connectivity index (χ3v) is 4.33. The van der Waals surface area contributed by atoms with Gasteiger partial charge in [0.1, 0.15) is 0 Å². The Bertz CT molecular complexity index is 680. The van der Waals surface area contributed by atoms with Crippen molar-refractivity contribution in [3.63, 3.8) is 0 Å². The van der Waals surface area contributed by atoms with Crippen LogP contribution in [-0.4, -0.2) is 70.0 Å². The van der Waals surface area contributed by atoms with Crippen LogP contribution in [0.3, 0.4) is 0 Å². The van der Waals surface area contributed by atoms with Crippen molar-refractivity contribution in [1.29, 1.82) is 0 Å². The van der Waals surface area contributed by atoms with Crippen LogP contribution in [0.4, 0.5) is 11.9 Å². The molecule has 0 radical (unpaired) electrons. The maximum atomic E-state index is 12.6. The Morgan fingerprint density at radius 1 is 1.00 bits per heavy atom. The smallest absolute Gasteiger partial charge is 0.257 e. The van der Waals surface area contributed by atoms with Crippen molar-refractivity contribution in [2.24, 2.45) is 0 Å². The summed E-state index contributed by atoms with van der Waals surface area (Å²) in [5.41, 5.74) is 0.528. The van der Waals surface area contributed by atoms with Crippen molar-refractivity contribution in [2.45, 2.75) is 13.8 Å². The Kier molecular flexibility index (Phi) is 5.37. The van der Waals surface area contributed by atoms with E-state index in [-0.39, 0.29) is 5.91 Å². The normalized spacial score (nSPS) is 14.5. The van der Waals surface area contributed by atoms with Gasteiger partial charge in [0.05, 0.1) is 5.56 Å². The van der Waals surface area contributed by atoms with E-state index in [1.165, 1.54) is 0 Å². The molecule has 1 amide bonds. The first-order chi connectivity index (χ1) is 12.2. The number of nitrogens with zero attached hydrogens (tertiary/aromatic N) is 7. The molecule has 3 heterocycles. The maximum Gasteiger partial charge on any atom is 0.257 e. The number of amides is 1.